The first-order valence-corrected chi connectivity index (χ1v) is 8.84. The Balaban J connectivity index is 2.13. The normalized spacial score (nSPS) is 11.3. The predicted octanol–water partition coefficient (Wildman–Crippen LogP) is 5.02. The standard InChI is InChI=1S/C22H13F3N4O/c23-22(24,25)17-11-15(13-26)28-21-20(17)18(30)12-19(27-14-7-3-1-4-8-14)29(21)16-9-5-2-6-10-16/h1-12,27H. The van der Waals surface area contributed by atoms with Crippen molar-refractivity contribution in [3.05, 3.63) is 94.3 Å². The summed E-state index contributed by atoms with van der Waals surface area (Å²) in [4.78, 5) is 16.8. The fraction of sp³-hybridized carbons (Fsp3) is 0.0455. The molecule has 0 aliphatic heterocycles. The smallest absolute Gasteiger partial charge is 0.341 e. The fourth-order valence-electron chi connectivity index (χ4n) is 3.19. The molecule has 5 nitrogen and oxygen atoms in total. The Morgan fingerprint density at radius 1 is 0.967 bits per heavy atom. The average molecular weight is 406 g/mol. The third-order valence-corrected chi connectivity index (χ3v) is 4.45. The second kappa shape index (κ2) is 7.37. The minimum Gasteiger partial charge on any atom is -0.341 e. The van der Waals surface area contributed by atoms with Crippen LogP contribution in [0, 0.1) is 11.3 Å². The van der Waals surface area contributed by atoms with Gasteiger partial charge in [0.05, 0.1) is 10.9 Å². The number of rotatable bonds is 3. The number of benzene rings is 2. The second-order valence-electron chi connectivity index (χ2n) is 6.42. The maximum absolute atomic E-state index is 13.7. The Morgan fingerprint density at radius 3 is 2.20 bits per heavy atom. The molecule has 0 atom stereocenters. The van der Waals surface area contributed by atoms with Crippen LogP contribution in [0.5, 0.6) is 0 Å². The van der Waals surface area contributed by atoms with E-state index in [9.17, 15) is 23.2 Å². The zero-order chi connectivity index (χ0) is 21.3. The van der Waals surface area contributed by atoms with Gasteiger partial charge in [0.15, 0.2) is 11.1 Å². The maximum Gasteiger partial charge on any atom is 0.417 e. The summed E-state index contributed by atoms with van der Waals surface area (Å²) in [6.45, 7) is 0. The van der Waals surface area contributed by atoms with E-state index in [2.05, 4.69) is 10.3 Å². The number of alkyl halides is 3. The lowest BCUT2D eigenvalue weighted by Gasteiger charge is -2.19. The number of pyridine rings is 2. The van der Waals surface area contributed by atoms with Crippen molar-refractivity contribution in [1.82, 2.24) is 9.55 Å². The van der Waals surface area contributed by atoms with Crippen molar-refractivity contribution in [2.45, 2.75) is 6.18 Å². The number of anilines is 2. The lowest BCUT2D eigenvalue weighted by Crippen LogP contribution is -2.19. The number of nitrogens with zero attached hydrogens (tertiary/aromatic N) is 3. The van der Waals surface area contributed by atoms with E-state index >= 15 is 0 Å². The topological polar surface area (TPSA) is 70.7 Å². The molecule has 2 heterocycles. The molecule has 0 bridgehead atoms. The zero-order valence-electron chi connectivity index (χ0n) is 15.3. The van der Waals surface area contributed by atoms with Crippen LogP contribution < -0.4 is 10.7 Å². The summed E-state index contributed by atoms with van der Waals surface area (Å²) in [5, 5.41) is 11.7. The van der Waals surface area contributed by atoms with E-state index in [1.54, 1.807) is 60.7 Å². The number of fused-ring (bicyclic) bond motifs is 1. The van der Waals surface area contributed by atoms with Crippen molar-refractivity contribution in [2.75, 3.05) is 5.32 Å². The van der Waals surface area contributed by atoms with E-state index < -0.39 is 28.2 Å². The quantitative estimate of drug-likeness (QED) is 0.519. The molecule has 148 valence electrons. The molecule has 1 N–H and O–H groups in total. The summed E-state index contributed by atoms with van der Waals surface area (Å²) in [7, 11) is 0. The molecule has 0 fully saturated rings. The summed E-state index contributed by atoms with van der Waals surface area (Å²) in [6, 6.07) is 20.8. The molecular formula is C22H13F3N4O. The van der Waals surface area contributed by atoms with Crippen LogP contribution in [-0.4, -0.2) is 9.55 Å². The van der Waals surface area contributed by atoms with E-state index in [-0.39, 0.29) is 11.5 Å². The fourth-order valence-corrected chi connectivity index (χ4v) is 3.19. The Bertz CT molecular complexity index is 1320. The van der Waals surface area contributed by atoms with Crippen LogP contribution in [0.15, 0.2) is 77.6 Å². The van der Waals surface area contributed by atoms with Gasteiger partial charge >= 0.3 is 6.18 Å². The van der Waals surface area contributed by atoms with Crippen LogP contribution in [0.2, 0.25) is 0 Å². The molecule has 4 rings (SSSR count). The summed E-state index contributed by atoms with van der Waals surface area (Å²) in [5.41, 5.74) is -1.61. The first kappa shape index (κ1) is 19.2. The first-order chi connectivity index (χ1) is 14.4. The molecular weight excluding hydrogens is 393 g/mol. The third kappa shape index (κ3) is 3.49. The van der Waals surface area contributed by atoms with E-state index in [0.717, 1.165) is 6.07 Å². The molecule has 0 radical (unpaired) electrons. The Kier molecular flexibility index (Phi) is 4.72. The lowest BCUT2D eigenvalue weighted by molar-refractivity contribution is -0.136. The highest BCUT2D eigenvalue weighted by molar-refractivity contribution is 5.85. The second-order valence-corrected chi connectivity index (χ2v) is 6.42. The number of para-hydroxylation sites is 2. The predicted molar refractivity (Wildman–Crippen MR) is 107 cm³/mol. The van der Waals surface area contributed by atoms with Crippen molar-refractivity contribution >= 4 is 22.5 Å². The number of halogens is 3. The highest BCUT2D eigenvalue weighted by atomic mass is 19.4. The molecule has 0 spiro atoms. The molecule has 0 saturated heterocycles. The van der Waals surface area contributed by atoms with Crippen molar-refractivity contribution in [1.29, 1.82) is 5.26 Å². The third-order valence-electron chi connectivity index (χ3n) is 4.45. The number of hydrogen-bond acceptors (Lipinski definition) is 4. The Morgan fingerprint density at radius 2 is 1.60 bits per heavy atom. The first-order valence-electron chi connectivity index (χ1n) is 8.84. The summed E-state index contributed by atoms with van der Waals surface area (Å²) >= 11 is 0. The molecule has 8 heteroatoms. The minimum atomic E-state index is -4.82. The maximum atomic E-state index is 13.7. The van der Waals surface area contributed by atoms with Crippen LogP contribution in [0.3, 0.4) is 0 Å². The average Bonchev–Trinajstić information content (AvgIpc) is 2.73. The van der Waals surface area contributed by atoms with Crippen LogP contribution in [-0.2, 0) is 6.18 Å². The van der Waals surface area contributed by atoms with Gasteiger partial charge in [0.25, 0.3) is 0 Å². The van der Waals surface area contributed by atoms with Crippen LogP contribution in [0.25, 0.3) is 16.7 Å². The summed E-state index contributed by atoms with van der Waals surface area (Å²) < 4.78 is 42.5. The molecule has 0 saturated carbocycles. The lowest BCUT2D eigenvalue weighted by atomic mass is 10.1. The van der Waals surface area contributed by atoms with Gasteiger partial charge in [0, 0.05) is 17.4 Å². The van der Waals surface area contributed by atoms with E-state index in [1.807, 2.05) is 6.07 Å². The molecule has 0 aliphatic carbocycles. The van der Waals surface area contributed by atoms with Crippen molar-refractivity contribution in [3.8, 4) is 11.8 Å². The van der Waals surface area contributed by atoms with Gasteiger partial charge in [-0.3, -0.25) is 9.36 Å². The van der Waals surface area contributed by atoms with Gasteiger partial charge in [0.2, 0.25) is 0 Å². The van der Waals surface area contributed by atoms with Crippen molar-refractivity contribution in [2.24, 2.45) is 0 Å². The number of hydrogen-bond donors (Lipinski definition) is 1. The summed E-state index contributed by atoms with van der Waals surface area (Å²) in [5.74, 6) is 0.223. The SMILES string of the molecule is N#Cc1cc(C(F)(F)F)c2c(=O)cc(Nc3ccccc3)n(-c3ccccc3)c2n1. The van der Waals surface area contributed by atoms with Crippen LogP contribution >= 0.6 is 0 Å². The zero-order valence-corrected chi connectivity index (χ0v) is 15.3. The molecule has 0 amide bonds. The van der Waals surface area contributed by atoms with Crippen LogP contribution in [0.4, 0.5) is 24.7 Å². The number of aromatic nitrogens is 2. The Hall–Kier alpha value is -4.12. The van der Waals surface area contributed by atoms with E-state index in [1.165, 1.54) is 4.57 Å². The monoisotopic (exact) mass is 406 g/mol. The van der Waals surface area contributed by atoms with Gasteiger partial charge < -0.3 is 5.32 Å². The van der Waals surface area contributed by atoms with Crippen LogP contribution in [0.1, 0.15) is 11.3 Å². The van der Waals surface area contributed by atoms with E-state index in [4.69, 9.17) is 0 Å². The van der Waals surface area contributed by atoms with Gasteiger partial charge in [-0.25, -0.2) is 4.98 Å². The highest BCUT2D eigenvalue weighted by Gasteiger charge is 2.35. The molecule has 30 heavy (non-hydrogen) atoms. The molecule has 4 aromatic rings. The highest BCUT2D eigenvalue weighted by Crippen LogP contribution is 2.35. The van der Waals surface area contributed by atoms with Crippen molar-refractivity contribution < 1.29 is 13.2 Å². The molecule has 0 unspecified atom stereocenters. The largest absolute Gasteiger partial charge is 0.417 e. The van der Waals surface area contributed by atoms with Gasteiger partial charge in [-0.1, -0.05) is 36.4 Å². The number of nitrogens with one attached hydrogen (secondary N) is 1. The molecule has 2 aromatic carbocycles. The van der Waals surface area contributed by atoms with Crippen molar-refractivity contribution in [3.63, 3.8) is 0 Å². The van der Waals surface area contributed by atoms with Gasteiger partial charge in [-0.05, 0) is 30.3 Å². The molecule has 0 aliphatic rings. The van der Waals surface area contributed by atoms with Gasteiger partial charge in [0.1, 0.15) is 17.6 Å². The van der Waals surface area contributed by atoms with E-state index in [0.29, 0.717) is 17.4 Å². The minimum absolute atomic E-state index is 0.223. The Labute approximate surface area is 168 Å². The molecule has 2 aromatic heterocycles. The summed E-state index contributed by atoms with van der Waals surface area (Å²) in [6.07, 6.45) is -4.82. The number of nitriles is 1. The van der Waals surface area contributed by atoms with Gasteiger partial charge in [-0.15, -0.1) is 0 Å². The van der Waals surface area contributed by atoms with Gasteiger partial charge in [-0.2, -0.15) is 18.4 Å².